The molecule has 0 aliphatic heterocycles. The van der Waals surface area contributed by atoms with Crippen LogP contribution in [0.1, 0.15) is 30.5 Å². The summed E-state index contributed by atoms with van der Waals surface area (Å²) in [4.78, 5) is 30.9. The van der Waals surface area contributed by atoms with Crippen molar-refractivity contribution in [3.8, 4) is 5.75 Å². The molecule has 0 saturated heterocycles. The van der Waals surface area contributed by atoms with Gasteiger partial charge in [-0.2, -0.15) is 0 Å². The zero-order valence-corrected chi connectivity index (χ0v) is 22.7. The monoisotopic (exact) mass is 670 g/mol. The van der Waals surface area contributed by atoms with Gasteiger partial charge in [0.2, 0.25) is 6.29 Å². The topological polar surface area (TPSA) is 89.9 Å². The van der Waals surface area contributed by atoms with Gasteiger partial charge in [0.1, 0.15) is 0 Å². The minimum absolute atomic E-state index is 0.137. The van der Waals surface area contributed by atoms with Crippen molar-refractivity contribution in [1.29, 1.82) is 0 Å². The summed E-state index contributed by atoms with van der Waals surface area (Å²) in [6, 6.07) is 7.98. The van der Waals surface area contributed by atoms with Crippen molar-refractivity contribution in [1.82, 2.24) is 0 Å². The van der Waals surface area contributed by atoms with Crippen LogP contribution in [-0.2, 0) is 19.7 Å². The number of carboxylic acid groups (broad SMARTS) is 1. The molecule has 2 aromatic carbocycles. The molecule has 0 saturated carbocycles. The van der Waals surface area contributed by atoms with Gasteiger partial charge < -0.3 is 14.6 Å². The van der Waals surface area contributed by atoms with Crippen LogP contribution in [0.15, 0.2) is 42.2 Å². The van der Waals surface area contributed by atoms with Crippen molar-refractivity contribution in [2.24, 2.45) is 0 Å². The van der Waals surface area contributed by atoms with E-state index in [9.17, 15) is 9.59 Å². The Bertz CT molecular complexity index is 926. The number of carbonyl (C=O) groups is 3. The second-order valence-corrected chi connectivity index (χ2v) is 9.89. The van der Waals surface area contributed by atoms with Crippen LogP contribution in [0.4, 0.5) is 4.79 Å². The van der Waals surface area contributed by atoms with E-state index in [0.29, 0.717) is 8.95 Å². The van der Waals surface area contributed by atoms with Crippen LogP contribution < -0.4 is 4.74 Å². The highest BCUT2D eigenvalue weighted by Crippen LogP contribution is 2.42. The molecule has 0 aliphatic carbocycles. The fourth-order valence-corrected chi connectivity index (χ4v) is 4.85. The van der Waals surface area contributed by atoms with Gasteiger partial charge in [-0.15, -0.1) is 0 Å². The first-order valence-corrected chi connectivity index (χ1v) is 11.4. The molecule has 30 heavy (non-hydrogen) atoms. The van der Waals surface area contributed by atoms with Crippen LogP contribution in [0.3, 0.4) is 0 Å². The maximum absolute atomic E-state index is 11.3. The van der Waals surface area contributed by atoms with Gasteiger partial charge in [0.15, 0.2) is 5.75 Å². The lowest BCUT2D eigenvalue weighted by Crippen LogP contribution is -2.20. The fourth-order valence-electron chi connectivity index (χ4n) is 2.32. The third-order valence-electron chi connectivity index (χ3n) is 4.20. The lowest BCUT2D eigenvalue weighted by molar-refractivity contribution is -0.141. The highest BCUT2D eigenvalue weighted by molar-refractivity contribution is 9.11. The normalized spacial score (nSPS) is 10.5. The van der Waals surface area contributed by atoms with Gasteiger partial charge in [0.05, 0.1) is 16.1 Å². The van der Waals surface area contributed by atoms with Gasteiger partial charge in [0, 0.05) is 14.4 Å². The summed E-state index contributed by atoms with van der Waals surface area (Å²) < 4.78 is 11.9. The first kappa shape index (κ1) is 26.8. The lowest BCUT2D eigenvalue weighted by atomic mass is 9.78. The number of methoxy groups -OCH3 is 1. The Hall–Kier alpha value is -1.23. The second-order valence-electron chi connectivity index (χ2n) is 6.47. The van der Waals surface area contributed by atoms with Crippen LogP contribution in [-0.4, -0.2) is 30.6 Å². The van der Waals surface area contributed by atoms with E-state index in [4.69, 9.17) is 14.6 Å². The van der Waals surface area contributed by atoms with Gasteiger partial charge in [-0.3, -0.25) is 4.79 Å². The predicted molar refractivity (Wildman–Crippen MR) is 127 cm³/mol. The lowest BCUT2D eigenvalue weighted by Gasteiger charge is -2.28. The molecule has 0 aromatic heterocycles. The van der Waals surface area contributed by atoms with Gasteiger partial charge >= 0.3 is 12.1 Å². The Labute approximate surface area is 207 Å². The minimum atomic E-state index is -1.25. The molecule has 2 aromatic rings. The van der Waals surface area contributed by atoms with Crippen LogP contribution in [0.2, 0.25) is 0 Å². The van der Waals surface area contributed by atoms with E-state index in [-0.39, 0.29) is 17.5 Å². The summed E-state index contributed by atoms with van der Waals surface area (Å²) in [5, 5.41) is 7.50. The molecule has 0 aliphatic rings. The third-order valence-corrected chi connectivity index (χ3v) is 7.02. The standard InChI is InChI=1S/C18H14Br4O3.C2H4O3/c1-9-12(19)4-10(5-13(9)20)18(2,3)11-6-14(21)17(15(22)7-11)25-16(24)8-23;1-5-2(3)4/h4-8H,1-3H3;1H3,(H,3,4). The Kier molecular flexibility index (Phi) is 10.2. The summed E-state index contributed by atoms with van der Waals surface area (Å²) in [7, 11) is 1.10. The molecule has 2 rings (SSSR count). The maximum atomic E-state index is 11.3. The van der Waals surface area contributed by atoms with Crippen LogP contribution in [0.5, 0.6) is 5.75 Å². The van der Waals surface area contributed by atoms with E-state index < -0.39 is 12.1 Å². The largest absolute Gasteiger partial charge is 0.505 e. The Morgan fingerprint density at radius 1 is 0.933 bits per heavy atom. The number of hydrogen-bond acceptors (Lipinski definition) is 5. The van der Waals surface area contributed by atoms with E-state index >= 15 is 0 Å². The van der Waals surface area contributed by atoms with Crippen LogP contribution in [0.25, 0.3) is 0 Å². The van der Waals surface area contributed by atoms with Crippen molar-refractivity contribution in [3.63, 3.8) is 0 Å². The number of hydrogen-bond donors (Lipinski definition) is 1. The molecule has 1 N–H and O–H groups in total. The summed E-state index contributed by atoms with van der Waals surface area (Å²) in [6.45, 7) is 6.26. The van der Waals surface area contributed by atoms with Crippen molar-refractivity contribution in [2.75, 3.05) is 7.11 Å². The quantitative estimate of drug-likeness (QED) is 0.167. The molecule has 0 spiro atoms. The summed E-state index contributed by atoms with van der Waals surface area (Å²) in [5.74, 6) is -0.664. The second kappa shape index (κ2) is 11.4. The Balaban J connectivity index is 0.000000804. The first-order valence-electron chi connectivity index (χ1n) is 8.24. The first-order chi connectivity index (χ1) is 13.8. The molecular weight excluding hydrogens is 656 g/mol. The van der Waals surface area contributed by atoms with Crippen LogP contribution in [0, 0.1) is 6.92 Å². The Morgan fingerprint density at radius 2 is 1.30 bits per heavy atom. The smallest absolute Gasteiger partial charge is 0.450 e. The van der Waals surface area contributed by atoms with E-state index in [1.54, 1.807) is 0 Å². The molecule has 0 amide bonds. The van der Waals surface area contributed by atoms with Gasteiger partial charge in [-0.05, 0) is 79.7 Å². The van der Waals surface area contributed by atoms with Gasteiger partial charge in [0.25, 0.3) is 0 Å². The average Bonchev–Trinajstić information content (AvgIpc) is 2.68. The zero-order chi connectivity index (χ0) is 23.2. The molecule has 0 heterocycles. The third kappa shape index (κ3) is 6.90. The summed E-state index contributed by atoms with van der Waals surface area (Å²) in [5.41, 5.74) is 2.96. The van der Waals surface area contributed by atoms with E-state index in [1.807, 2.05) is 19.1 Å². The fraction of sp³-hybridized carbons (Fsp3) is 0.250. The molecule has 162 valence electrons. The van der Waals surface area contributed by atoms with E-state index in [1.165, 1.54) is 0 Å². The number of benzene rings is 2. The number of ether oxygens (including phenoxy) is 2. The molecular formula is C20H18Br4O6. The van der Waals surface area contributed by atoms with Crippen molar-refractivity contribution < 1.29 is 29.0 Å². The number of aldehydes is 1. The summed E-state index contributed by atoms with van der Waals surface area (Å²) in [6.07, 6.45) is -1.11. The average molecular weight is 674 g/mol. The molecule has 0 bridgehead atoms. The minimum Gasteiger partial charge on any atom is -0.450 e. The van der Waals surface area contributed by atoms with Gasteiger partial charge in [-0.25, -0.2) is 9.59 Å². The zero-order valence-electron chi connectivity index (χ0n) is 16.4. The van der Waals surface area contributed by atoms with E-state index in [0.717, 1.165) is 32.7 Å². The molecule has 6 nitrogen and oxygen atoms in total. The molecule has 0 unspecified atom stereocenters. The SMILES string of the molecule is COC(=O)O.Cc1c(Br)cc(C(C)(C)c2cc(Br)c(OC(=O)C=O)c(Br)c2)cc1Br. The van der Waals surface area contributed by atoms with Crippen molar-refractivity contribution in [2.45, 2.75) is 26.2 Å². The highest BCUT2D eigenvalue weighted by atomic mass is 79.9. The molecule has 10 heteroatoms. The summed E-state index contributed by atoms with van der Waals surface area (Å²) >= 11 is 14.0. The van der Waals surface area contributed by atoms with Gasteiger partial charge in [-0.1, -0.05) is 45.7 Å². The maximum Gasteiger partial charge on any atom is 0.505 e. The van der Waals surface area contributed by atoms with Crippen molar-refractivity contribution >= 4 is 82.1 Å². The van der Waals surface area contributed by atoms with Crippen molar-refractivity contribution in [3.05, 3.63) is 58.8 Å². The predicted octanol–water partition coefficient (Wildman–Crippen LogP) is 6.79. The number of carbonyl (C=O) groups excluding carboxylic acids is 2. The highest BCUT2D eigenvalue weighted by Gasteiger charge is 2.27. The number of esters is 1. The molecule has 0 radical (unpaired) electrons. The molecule has 0 atom stereocenters. The van der Waals surface area contributed by atoms with E-state index in [2.05, 4.69) is 94.4 Å². The molecule has 0 fully saturated rings. The van der Waals surface area contributed by atoms with Crippen LogP contribution >= 0.6 is 63.7 Å². The Morgan fingerprint density at radius 3 is 1.63 bits per heavy atom. The number of halogens is 4. The number of rotatable bonds is 4.